The normalized spacial score (nSPS) is 13.5. The highest BCUT2D eigenvalue weighted by Crippen LogP contribution is 2.25. The van der Waals surface area contributed by atoms with Gasteiger partial charge in [0.25, 0.3) is 0 Å². The summed E-state index contributed by atoms with van der Waals surface area (Å²) in [7, 11) is 0. The number of carbonyl (C=O) groups is 1. The van der Waals surface area contributed by atoms with Crippen LogP contribution in [-0.4, -0.2) is 48.5 Å². The number of para-hydroxylation sites is 1. The summed E-state index contributed by atoms with van der Waals surface area (Å²) in [6.07, 6.45) is 0. The zero-order valence-corrected chi connectivity index (χ0v) is 19.8. The Kier molecular flexibility index (Phi) is 6.70. The summed E-state index contributed by atoms with van der Waals surface area (Å²) in [6.45, 7) is 5.29. The van der Waals surface area contributed by atoms with E-state index in [4.69, 9.17) is 9.72 Å². The summed E-state index contributed by atoms with van der Waals surface area (Å²) in [5, 5.41) is 0. The van der Waals surface area contributed by atoms with Crippen molar-refractivity contribution in [3.63, 3.8) is 0 Å². The first-order chi connectivity index (χ1) is 17.2. The van der Waals surface area contributed by atoms with Gasteiger partial charge >= 0.3 is 0 Å². The van der Waals surface area contributed by atoms with E-state index in [9.17, 15) is 4.79 Å². The SMILES string of the molecule is Cc1ccc(C(=O)COc2cc(-c3ccccc3)nc(N3CCN(c4ccccc4)CC3)n2)cc1. The van der Waals surface area contributed by atoms with Gasteiger partial charge in [-0.3, -0.25) is 4.79 Å². The molecule has 0 atom stereocenters. The Hall–Kier alpha value is -4.19. The molecule has 0 saturated carbocycles. The smallest absolute Gasteiger partial charge is 0.229 e. The van der Waals surface area contributed by atoms with Crippen molar-refractivity contribution in [2.75, 3.05) is 42.6 Å². The number of hydrogen-bond donors (Lipinski definition) is 0. The molecule has 1 saturated heterocycles. The number of ether oxygens (including phenoxy) is 1. The number of piperazine rings is 1. The third-order valence-electron chi connectivity index (χ3n) is 6.17. The van der Waals surface area contributed by atoms with Crippen LogP contribution in [0.2, 0.25) is 0 Å². The van der Waals surface area contributed by atoms with Crippen LogP contribution in [-0.2, 0) is 0 Å². The standard InChI is InChI=1S/C29H28N4O2/c1-22-12-14-24(15-13-22)27(34)21-35-28-20-26(23-8-4-2-5-9-23)30-29(31-28)33-18-16-32(17-19-33)25-10-6-3-7-11-25/h2-15,20H,16-19,21H2,1H3. The minimum Gasteiger partial charge on any atom is -0.469 e. The van der Waals surface area contributed by atoms with Crippen LogP contribution in [0, 0.1) is 6.92 Å². The Bertz CT molecular complexity index is 1270. The highest BCUT2D eigenvalue weighted by molar-refractivity contribution is 5.97. The maximum absolute atomic E-state index is 12.7. The van der Waals surface area contributed by atoms with Crippen LogP contribution in [0.25, 0.3) is 11.3 Å². The van der Waals surface area contributed by atoms with E-state index in [1.54, 1.807) is 0 Å². The largest absolute Gasteiger partial charge is 0.469 e. The molecule has 0 aliphatic carbocycles. The lowest BCUT2D eigenvalue weighted by Crippen LogP contribution is -2.47. The number of Topliss-reactive ketones (excluding diaryl/α,β-unsaturated/α-hetero) is 1. The second kappa shape index (κ2) is 10.4. The molecule has 0 radical (unpaired) electrons. The summed E-state index contributed by atoms with van der Waals surface area (Å²) >= 11 is 0. The summed E-state index contributed by atoms with van der Waals surface area (Å²) in [5.74, 6) is 0.944. The molecule has 0 unspecified atom stereocenters. The second-order valence-electron chi connectivity index (χ2n) is 8.64. The van der Waals surface area contributed by atoms with Gasteiger partial charge in [-0.15, -0.1) is 0 Å². The summed E-state index contributed by atoms with van der Waals surface area (Å²) < 4.78 is 5.90. The lowest BCUT2D eigenvalue weighted by molar-refractivity contribution is 0.0918. The molecule has 0 N–H and O–H groups in total. The number of benzene rings is 3. The average molecular weight is 465 g/mol. The van der Waals surface area contributed by atoms with Crippen LogP contribution >= 0.6 is 0 Å². The molecular weight excluding hydrogens is 436 g/mol. The maximum Gasteiger partial charge on any atom is 0.229 e. The topological polar surface area (TPSA) is 58.6 Å². The minimum absolute atomic E-state index is 0.0739. The maximum atomic E-state index is 12.7. The van der Waals surface area contributed by atoms with E-state index in [0.717, 1.165) is 43.0 Å². The van der Waals surface area contributed by atoms with Gasteiger partial charge in [0, 0.05) is 49.1 Å². The Morgan fingerprint density at radius 2 is 1.43 bits per heavy atom. The third kappa shape index (κ3) is 5.49. The first-order valence-corrected chi connectivity index (χ1v) is 11.9. The zero-order chi connectivity index (χ0) is 24.0. The molecule has 5 rings (SSSR count). The lowest BCUT2D eigenvalue weighted by Gasteiger charge is -2.36. The van der Waals surface area contributed by atoms with Crippen LogP contribution in [0.4, 0.5) is 11.6 Å². The lowest BCUT2D eigenvalue weighted by atomic mass is 10.1. The van der Waals surface area contributed by atoms with Crippen LogP contribution in [0.5, 0.6) is 5.88 Å². The van der Waals surface area contributed by atoms with Crippen molar-refractivity contribution in [1.29, 1.82) is 0 Å². The van der Waals surface area contributed by atoms with E-state index in [1.165, 1.54) is 5.69 Å². The van der Waals surface area contributed by atoms with Crippen LogP contribution in [0.3, 0.4) is 0 Å². The quantitative estimate of drug-likeness (QED) is 0.357. The number of rotatable bonds is 7. The number of anilines is 2. The second-order valence-corrected chi connectivity index (χ2v) is 8.64. The van der Waals surface area contributed by atoms with Gasteiger partial charge in [-0.05, 0) is 19.1 Å². The molecule has 6 heteroatoms. The number of aryl methyl sites for hydroxylation is 1. The number of carbonyl (C=O) groups excluding carboxylic acids is 1. The summed E-state index contributed by atoms with van der Waals surface area (Å²) in [6, 6.07) is 29.7. The zero-order valence-electron chi connectivity index (χ0n) is 19.8. The summed E-state index contributed by atoms with van der Waals surface area (Å²) in [4.78, 5) is 26.7. The van der Waals surface area contributed by atoms with E-state index < -0.39 is 0 Å². The fourth-order valence-electron chi connectivity index (χ4n) is 4.15. The van der Waals surface area contributed by atoms with Crippen molar-refractivity contribution in [3.05, 3.63) is 102 Å². The third-order valence-corrected chi connectivity index (χ3v) is 6.17. The molecule has 6 nitrogen and oxygen atoms in total. The fourth-order valence-corrected chi connectivity index (χ4v) is 4.15. The van der Waals surface area contributed by atoms with Gasteiger partial charge in [0.2, 0.25) is 11.8 Å². The highest BCUT2D eigenvalue weighted by atomic mass is 16.5. The Morgan fingerprint density at radius 1 is 0.800 bits per heavy atom. The molecule has 0 bridgehead atoms. The van der Waals surface area contributed by atoms with E-state index in [-0.39, 0.29) is 12.4 Å². The minimum atomic E-state index is -0.0806. The highest BCUT2D eigenvalue weighted by Gasteiger charge is 2.21. The van der Waals surface area contributed by atoms with Gasteiger partial charge < -0.3 is 14.5 Å². The Labute approximate surface area is 205 Å². The van der Waals surface area contributed by atoms with Crippen molar-refractivity contribution in [2.45, 2.75) is 6.92 Å². The van der Waals surface area contributed by atoms with Crippen LogP contribution in [0.1, 0.15) is 15.9 Å². The van der Waals surface area contributed by atoms with Crippen LogP contribution < -0.4 is 14.5 Å². The summed E-state index contributed by atoms with van der Waals surface area (Å²) in [5.41, 5.74) is 4.73. The predicted molar refractivity (Wildman–Crippen MR) is 139 cm³/mol. The molecule has 0 spiro atoms. The van der Waals surface area contributed by atoms with Gasteiger partial charge in [0.05, 0.1) is 5.69 Å². The van der Waals surface area contributed by atoms with E-state index in [0.29, 0.717) is 17.4 Å². The molecule has 176 valence electrons. The number of hydrogen-bond acceptors (Lipinski definition) is 6. The van der Waals surface area contributed by atoms with Gasteiger partial charge in [-0.25, -0.2) is 4.98 Å². The van der Waals surface area contributed by atoms with Crippen molar-refractivity contribution < 1.29 is 9.53 Å². The average Bonchev–Trinajstić information content (AvgIpc) is 2.93. The molecule has 1 aromatic heterocycles. The van der Waals surface area contributed by atoms with E-state index in [2.05, 4.69) is 39.0 Å². The Balaban J connectivity index is 1.35. The fraction of sp³-hybridized carbons (Fsp3) is 0.207. The molecule has 3 aromatic carbocycles. The first-order valence-electron chi connectivity index (χ1n) is 11.9. The molecule has 4 aromatic rings. The predicted octanol–water partition coefficient (Wildman–Crippen LogP) is 5.04. The van der Waals surface area contributed by atoms with Gasteiger partial charge in [0.15, 0.2) is 12.4 Å². The van der Waals surface area contributed by atoms with Gasteiger partial charge in [-0.2, -0.15) is 4.98 Å². The number of ketones is 1. The molecule has 0 amide bonds. The van der Waals surface area contributed by atoms with Crippen molar-refractivity contribution in [1.82, 2.24) is 9.97 Å². The molecule has 1 aliphatic heterocycles. The molecule has 2 heterocycles. The molecular formula is C29H28N4O2. The van der Waals surface area contributed by atoms with Crippen LogP contribution in [0.15, 0.2) is 91.0 Å². The van der Waals surface area contributed by atoms with Gasteiger partial charge in [-0.1, -0.05) is 78.4 Å². The van der Waals surface area contributed by atoms with E-state index in [1.807, 2.05) is 73.7 Å². The van der Waals surface area contributed by atoms with Crippen molar-refractivity contribution in [2.24, 2.45) is 0 Å². The van der Waals surface area contributed by atoms with E-state index >= 15 is 0 Å². The van der Waals surface area contributed by atoms with Crippen molar-refractivity contribution in [3.8, 4) is 17.1 Å². The van der Waals surface area contributed by atoms with Gasteiger partial charge in [0.1, 0.15) is 0 Å². The first kappa shape index (κ1) is 22.6. The van der Waals surface area contributed by atoms with Crippen molar-refractivity contribution >= 4 is 17.4 Å². The number of nitrogens with zero attached hydrogens (tertiary/aromatic N) is 4. The number of aromatic nitrogens is 2. The molecule has 1 fully saturated rings. The monoisotopic (exact) mass is 464 g/mol. The molecule has 35 heavy (non-hydrogen) atoms. The molecule has 1 aliphatic rings. The Morgan fingerprint density at radius 3 is 2.11 bits per heavy atom.